The van der Waals surface area contributed by atoms with Gasteiger partial charge in [0.15, 0.2) is 0 Å². The summed E-state index contributed by atoms with van der Waals surface area (Å²) in [4.78, 5) is 21.1. The van der Waals surface area contributed by atoms with E-state index in [4.69, 9.17) is 17.3 Å². The molecule has 3 aromatic carbocycles. The van der Waals surface area contributed by atoms with E-state index < -0.39 is 6.04 Å². The summed E-state index contributed by atoms with van der Waals surface area (Å²) in [6.45, 7) is 8.71. The summed E-state index contributed by atoms with van der Waals surface area (Å²) >= 11 is 8.04. The van der Waals surface area contributed by atoms with Crippen LogP contribution in [0.1, 0.15) is 30.9 Å². The summed E-state index contributed by atoms with van der Waals surface area (Å²) < 4.78 is 13.7. The van der Waals surface area contributed by atoms with Crippen LogP contribution in [0.2, 0.25) is 5.02 Å². The number of likely N-dealkylation sites (tertiary alicyclic amines) is 1. The van der Waals surface area contributed by atoms with E-state index in [2.05, 4.69) is 53.1 Å². The van der Waals surface area contributed by atoms with Crippen molar-refractivity contribution in [2.45, 2.75) is 43.7 Å². The summed E-state index contributed by atoms with van der Waals surface area (Å²) in [7, 11) is 0. The minimum Gasteiger partial charge on any atom is -0.339 e. The zero-order chi connectivity index (χ0) is 29.5. The molecule has 2 fully saturated rings. The minimum atomic E-state index is -0.444. The fourth-order valence-corrected chi connectivity index (χ4v) is 7.23. The number of carbonyl (C=O) groups excluding carboxylic acids is 1. The Balaban J connectivity index is 1.08. The lowest BCUT2D eigenvalue weighted by Crippen LogP contribution is -2.55. The third-order valence-electron chi connectivity index (χ3n) is 8.68. The normalized spacial score (nSPS) is 17.9. The zero-order valence-corrected chi connectivity index (χ0v) is 26.1. The van der Waals surface area contributed by atoms with E-state index in [0.29, 0.717) is 13.1 Å². The molecule has 2 aliphatic rings. The third-order valence-corrected chi connectivity index (χ3v) is 9.90. The largest absolute Gasteiger partial charge is 0.339 e. The number of rotatable bonds is 10. The first kappa shape index (κ1) is 31.0. The van der Waals surface area contributed by atoms with Crippen molar-refractivity contribution in [3.8, 4) is 11.1 Å². The van der Waals surface area contributed by atoms with Gasteiger partial charge in [0.25, 0.3) is 0 Å². The Hall–Kier alpha value is -2.42. The molecule has 2 saturated heterocycles. The van der Waals surface area contributed by atoms with E-state index in [1.54, 1.807) is 23.9 Å². The number of hydrogen-bond donors (Lipinski definition) is 1. The van der Waals surface area contributed by atoms with Crippen LogP contribution in [-0.2, 0) is 17.8 Å². The molecule has 5 rings (SSSR count). The van der Waals surface area contributed by atoms with Crippen LogP contribution in [0, 0.1) is 11.7 Å². The van der Waals surface area contributed by atoms with Crippen molar-refractivity contribution in [2.24, 2.45) is 11.7 Å². The van der Waals surface area contributed by atoms with Gasteiger partial charge in [-0.05, 0) is 90.5 Å². The van der Waals surface area contributed by atoms with E-state index in [9.17, 15) is 9.18 Å². The Morgan fingerprint density at radius 2 is 1.69 bits per heavy atom. The van der Waals surface area contributed by atoms with Crippen molar-refractivity contribution >= 4 is 29.3 Å². The Morgan fingerprint density at radius 3 is 2.40 bits per heavy atom. The molecule has 5 nitrogen and oxygen atoms in total. The second-order valence-corrected chi connectivity index (χ2v) is 13.2. The van der Waals surface area contributed by atoms with Crippen LogP contribution in [0.4, 0.5) is 4.39 Å². The topological polar surface area (TPSA) is 52.8 Å². The van der Waals surface area contributed by atoms with Crippen molar-refractivity contribution in [3.63, 3.8) is 0 Å². The minimum absolute atomic E-state index is 0.0866. The molecule has 224 valence electrons. The maximum Gasteiger partial charge on any atom is 0.239 e. The predicted molar refractivity (Wildman–Crippen MR) is 172 cm³/mol. The van der Waals surface area contributed by atoms with Gasteiger partial charge >= 0.3 is 0 Å². The lowest BCUT2D eigenvalue weighted by molar-refractivity contribution is -0.136. The van der Waals surface area contributed by atoms with Gasteiger partial charge in [-0.2, -0.15) is 0 Å². The molecule has 3 aromatic rings. The maximum absolute atomic E-state index is 13.7. The Morgan fingerprint density at radius 1 is 0.952 bits per heavy atom. The number of halogens is 2. The van der Waals surface area contributed by atoms with Crippen LogP contribution in [0.15, 0.2) is 71.6 Å². The summed E-state index contributed by atoms with van der Waals surface area (Å²) in [5.74, 6) is 1.02. The van der Waals surface area contributed by atoms with E-state index in [0.717, 1.165) is 79.8 Å². The summed E-state index contributed by atoms with van der Waals surface area (Å²) in [6.07, 6.45) is 2.81. The molecule has 0 saturated carbocycles. The fourth-order valence-electron chi connectivity index (χ4n) is 6.21. The van der Waals surface area contributed by atoms with Crippen molar-refractivity contribution in [1.82, 2.24) is 14.7 Å². The van der Waals surface area contributed by atoms with Gasteiger partial charge in [-0.3, -0.25) is 9.69 Å². The lowest BCUT2D eigenvalue weighted by atomic mass is 9.88. The van der Waals surface area contributed by atoms with E-state index in [1.807, 2.05) is 23.1 Å². The van der Waals surface area contributed by atoms with Gasteiger partial charge in [-0.15, -0.1) is 11.8 Å². The van der Waals surface area contributed by atoms with Crippen molar-refractivity contribution < 1.29 is 9.18 Å². The first-order chi connectivity index (χ1) is 20.4. The number of piperidine rings is 1. The first-order valence-electron chi connectivity index (χ1n) is 15.2. The molecule has 2 heterocycles. The predicted octanol–water partition coefficient (Wildman–Crippen LogP) is 6.18. The van der Waals surface area contributed by atoms with Crippen LogP contribution < -0.4 is 5.73 Å². The van der Waals surface area contributed by atoms with Crippen LogP contribution in [0.5, 0.6) is 0 Å². The second-order valence-electron chi connectivity index (χ2n) is 11.4. The molecule has 1 amide bonds. The van der Waals surface area contributed by atoms with Crippen LogP contribution in [-0.4, -0.2) is 78.2 Å². The number of piperazine rings is 1. The quantitative estimate of drug-likeness (QED) is 0.279. The molecule has 42 heavy (non-hydrogen) atoms. The number of nitrogens with two attached hydrogens (primary N) is 1. The molecular weight excluding hydrogens is 567 g/mol. The molecular formula is C34H42ClFN4OS. The number of carbonyl (C=O) groups is 1. The molecule has 0 aromatic heterocycles. The van der Waals surface area contributed by atoms with Gasteiger partial charge in [-0.25, -0.2) is 4.39 Å². The fraction of sp³-hybridized carbons (Fsp3) is 0.441. The molecule has 0 unspecified atom stereocenters. The highest BCUT2D eigenvalue weighted by molar-refractivity contribution is 7.99. The van der Waals surface area contributed by atoms with Gasteiger partial charge in [-0.1, -0.05) is 61.0 Å². The zero-order valence-electron chi connectivity index (χ0n) is 24.5. The summed E-state index contributed by atoms with van der Waals surface area (Å²) in [6, 6.07) is 21.3. The molecule has 0 aliphatic carbocycles. The third kappa shape index (κ3) is 7.94. The molecule has 2 N–H and O–H groups in total. The summed E-state index contributed by atoms with van der Waals surface area (Å²) in [5.41, 5.74) is 11.4. The molecule has 0 bridgehead atoms. The first-order valence-corrected chi connectivity index (χ1v) is 16.5. The highest BCUT2D eigenvalue weighted by atomic mass is 35.5. The Kier molecular flexibility index (Phi) is 11.0. The van der Waals surface area contributed by atoms with E-state index in [1.165, 1.54) is 16.7 Å². The molecule has 2 aliphatic heterocycles. The average molecular weight is 609 g/mol. The second kappa shape index (κ2) is 14.8. The molecule has 0 radical (unpaired) electrons. The monoisotopic (exact) mass is 608 g/mol. The Labute approximate surface area is 259 Å². The summed E-state index contributed by atoms with van der Waals surface area (Å²) in [5, 5.41) is 0.768. The van der Waals surface area contributed by atoms with Crippen LogP contribution in [0.25, 0.3) is 11.1 Å². The molecule has 8 heteroatoms. The van der Waals surface area contributed by atoms with Crippen molar-refractivity contribution in [2.75, 3.05) is 51.6 Å². The van der Waals surface area contributed by atoms with Gasteiger partial charge in [0.2, 0.25) is 5.91 Å². The van der Waals surface area contributed by atoms with Gasteiger partial charge < -0.3 is 15.5 Å². The maximum atomic E-state index is 13.7. The average Bonchev–Trinajstić information content (AvgIpc) is 3.02. The number of benzene rings is 3. The van der Waals surface area contributed by atoms with E-state index >= 15 is 0 Å². The van der Waals surface area contributed by atoms with Crippen LogP contribution in [0.3, 0.4) is 0 Å². The van der Waals surface area contributed by atoms with E-state index in [-0.39, 0.29) is 17.6 Å². The van der Waals surface area contributed by atoms with Gasteiger partial charge in [0, 0.05) is 49.2 Å². The van der Waals surface area contributed by atoms with Crippen LogP contribution >= 0.6 is 23.4 Å². The lowest BCUT2D eigenvalue weighted by Gasteiger charge is -2.39. The highest BCUT2D eigenvalue weighted by Crippen LogP contribution is 2.29. The number of hydrogen-bond acceptors (Lipinski definition) is 5. The number of thioether (sulfide) groups is 1. The Bertz CT molecular complexity index is 1330. The van der Waals surface area contributed by atoms with Gasteiger partial charge in [0.05, 0.1) is 6.04 Å². The molecule has 1 atom stereocenters. The molecule has 0 spiro atoms. The highest BCUT2D eigenvalue weighted by Gasteiger charge is 2.32. The van der Waals surface area contributed by atoms with Gasteiger partial charge in [0.1, 0.15) is 5.82 Å². The number of amides is 1. The SMILES string of the molecule is CCSc1cc(F)ccc1CN1CCN(C(=O)[C@H](N)C2CCN(CCc3cc(Cl)ccc3-c3ccccc3)CC2)CC1. The standard InChI is InChI=1S/C34H42ClFN4OS/c1-2-42-32-23-30(36)10-8-28(32)24-39-18-20-40(21-19-39)34(41)33(37)26-12-15-38(16-13-26)17-14-27-22-29(35)9-11-31(27)25-6-4-3-5-7-25/h3-11,22-23,26,33H,2,12-21,24,37H2,1H3/t33-/m1/s1. The van der Waals surface area contributed by atoms with Crippen molar-refractivity contribution in [3.05, 3.63) is 88.7 Å². The van der Waals surface area contributed by atoms with Crippen molar-refractivity contribution in [1.29, 1.82) is 0 Å². The smallest absolute Gasteiger partial charge is 0.239 e. The number of nitrogens with zero attached hydrogens (tertiary/aromatic N) is 3.